The van der Waals surface area contributed by atoms with Gasteiger partial charge in [0.15, 0.2) is 5.13 Å². The lowest BCUT2D eigenvalue weighted by Crippen LogP contribution is -2.44. The van der Waals surface area contributed by atoms with Gasteiger partial charge in [-0.1, -0.05) is 17.7 Å². The zero-order valence-electron chi connectivity index (χ0n) is 13.0. The van der Waals surface area contributed by atoms with E-state index in [1.54, 1.807) is 11.3 Å². The largest absolute Gasteiger partial charge is 0.349 e. The van der Waals surface area contributed by atoms with Crippen LogP contribution in [0.4, 0.5) is 5.13 Å². The quantitative estimate of drug-likeness (QED) is 0.946. The molecule has 0 radical (unpaired) electrons. The van der Waals surface area contributed by atoms with Crippen LogP contribution in [0.5, 0.6) is 0 Å². The number of amides is 1. The Morgan fingerprint density at radius 3 is 2.73 bits per heavy atom. The van der Waals surface area contributed by atoms with Gasteiger partial charge >= 0.3 is 0 Å². The van der Waals surface area contributed by atoms with Crippen LogP contribution in [0.3, 0.4) is 0 Å². The predicted molar refractivity (Wildman–Crippen MR) is 90.7 cm³/mol. The summed E-state index contributed by atoms with van der Waals surface area (Å²) in [6.07, 6.45) is 3.78. The third-order valence-electron chi connectivity index (χ3n) is 4.15. The maximum Gasteiger partial charge on any atom is 0.251 e. The highest BCUT2D eigenvalue weighted by molar-refractivity contribution is 7.13. The summed E-state index contributed by atoms with van der Waals surface area (Å²) in [6, 6.07) is 6.22. The van der Waals surface area contributed by atoms with Crippen LogP contribution in [-0.4, -0.2) is 30.0 Å². The van der Waals surface area contributed by atoms with Crippen molar-refractivity contribution in [2.24, 2.45) is 0 Å². The van der Waals surface area contributed by atoms with Gasteiger partial charge in [-0.2, -0.15) is 0 Å². The van der Waals surface area contributed by atoms with Crippen LogP contribution in [0.25, 0.3) is 0 Å². The molecule has 0 saturated carbocycles. The van der Waals surface area contributed by atoms with Gasteiger partial charge in [-0.25, -0.2) is 4.98 Å². The van der Waals surface area contributed by atoms with Gasteiger partial charge in [0, 0.05) is 36.3 Å². The standard InChI is InChI=1S/C17H21N3OS/c1-12-3-4-15(13(2)11-12)16(21)19-14-5-8-20(9-6-14)17-18-7-10-22-17/h3-4,7,10-11,14H,5-6,8-9H2,1-2H3,(H,19,21). The van der Waals surface area contributed by atoms with Crippen LogP contribution in [0.1, 0.15) is 34.3 Å². The van der Waals surface area contributed by atoms with E-state index in [9.17, 15) is 4.79 Å². The molecule has 1 saturated heterocycles. The normalized spacial score (nSPS) is 15.8. The van der Waals surface area contributed by atoms with Crippen LogP contribution in [0, 0.1) is 13.8 Å². The summed E-state index contributed by atoms with van der Waals surface area (Å²) in [6.45, 7) is 5.94. The zero-order chi connectivity index (χ0) is 15.5. The second kappa shape index (κ2) is 6.48. The molecule has 116 valence electrons. The van der Waals surface area contributed by atoms with Crippen LogP contribution in [0.15, 0.2) is 29.8 Å². The number of carbonyl (C=O) groups is 1. The van der Waals surface area contributed by atoms with Gasteiger partial charge in [0.2, 0.25) is 0 Å². The maximum absolute atomic E-state index is 12.4. The number of aromatic nitrogens is 1. The van der Waals surface area contributed by atoms with E-state index in [1.165, 1.54) is 5.56 Å². The minimum Gasteiger partial charge on any atom is -0.349 e. The molecule has 1 fully saturated rings. The third kappa shape index (κ3) is 3.30. The average molecular weight is 315 g/mol. The molecule has 22 heavy (non-hydrogen) atoms. The van der Waals surface area contributed by atoms with Gasteiger partial charge in [0.1, 0.15) is 0 Å². The van der Waals surface area contributed by atoms with Crippen molar-refractivity contribution in [1.82, 2.24) is 10.3 Å². The molecule has 1 N–H and O–H groups in total. The number of piperidine rings is 1. The second-order valence-electron chi connectivity index (χ2n) is 5.87. The fourth-order valence-corrected chi connectivity index (χ4v) is 3.62. The van der Waals surface area contributed by atoms with Crippen molar-refractivity contribution in [3.63, 3.8) is 0 Å². The van der Waals surface area contributed by atoms with E-state index in [4.69, 9.17) is 0 Å². The third-order valence-corrected chi connectivity index (χ3v) is 4.98. The van der Waals surface area contributed by atoms with Crippen molar-refractivity contribution in [1.29, 1.82) is 0 Å². The van der Waals surface area contributed by atoms with E-state index in [0.717, 1.165) is 42.2 Å². The number of nitrogens with zero attached hydrogens (tertiary/aromatic N) is 2. The summed E-state index contributed by atoms with van der Waals surface area (Å²) in [5, 5.41) is 6.26. The zero-order valence-corrected chi connectivity index (χ0v) is 13.8. The monoisotopic (exact) mass is 315 g/mol. The molecule has 0 aliphatic carbocycles. The van der Waals surface area contributed by atoms with Gasteiger partial charge in [-0.3, -0.25) is 4.79 Å². The molecule has 0 unspecified atom stereocenters. The Balaban J connectivity index is 1.57. The minimum absolute atomic E-state index is 0.0465. The highest BCUT2D eigenvalue weighted by Crippen LogP contribution is 2.22. The molecule has 1 aliphatic rings. The number of carbonyl (C=O) groups excluding carboxylic acids is 1. The number of hydrogen-bond acceptors (Lipinski definition) is 4. The van der Waals surface area contributed by atoms with Crippen LogP contribution < -0.4 is 10.2 Å². The number of rotatable bonds is 3. The highest BCUT2D eigenvalue weighted by Gasteiger charge is 2.22. The summed E-state index contributed by atoms with van der Waals surface area (Å²) in [5.41, 5.74) is 3.01. The lowest BCUT2D eigenvalue weighted by atomic mass is 10.0. The maximum atomic E-state index is 12.4. The lowest BCUT2D eigenvalue weighted by Gasteiger charge is -2.32. The number of hydrogen-bond donors (Lipinski definition) is 1. The van der Waals surface area contributed by atoms with E-state index < -0.39 is 0 Å². The molecule has 1 aliphatic heterocycles. The number of anilines is 1. The number of aryl methyl sites for hydroxylation is 2. The van der Waals surface area contributed by atoms with Gasteiger partial charge in [0.25, 0.3) is 5.91 Å². The van der Waals surface area contributed by atoms with Gasteiger partial charge in [-0.15, -0.1) is 11.3 Å². The molecule has 4 nitrogen and oxygen atoms in total. The number of benzene rings is 1. The number of nitrogens with one attached hydrogen (secondary N) is 1. The van der Waals surface area contributed by atoms with Crippen molar-refractivity contribution in [2.75, 3.05) is 18.0 Å². The molecule has 0 atom stereocenters. The molecule has 1 amide bonds. The Hall–Kier alpha value is -1.88. The summed E-state index contributed by atoms with van der Waals surface area (Å²) < 4.78 is 0. The first-order valence-corrected chi connectivity index (χ1v) is 8.54. The Labute approximate surface area is 135 Å². The van der Waals surface area contributed by atoms with E-state index >= 15 is 0 Å². The van der Waals surface area contributed by atoms with Crippen LogP contribution in [0.2, 0.25) is 0 Å². The van der Waals surface area contributed by atoms with Crippen molar-refractivity contribution in [3.8, 4) is 0 Å². The molecule has 5 heteroatoms. The van der Waals surface area contributed by atoms with Crippen molar-refractivity contribution >= 4 is 22.4 Å². The average Bonchev–Trinajstić information content (AvgIpc) is 3.02. The molecular weight excluding hydrogens is 294 g/mol. The second-order valence-corrected chi connectivity index (χ2v) is 6.74. The lowest BCUT2D eigenvalue weighted by molar-refractivity contribution is 0.0930. The Morgan fingerprint density at radius 2 is 2.09 bits per heavy atom. The Bertz CT molecular complexity index is 646. The van der Waals surface area contributed by atoms with Gasteiger partial charge in [0.05, 0.1) is 0 Å². The van der Waals surface area contributed by atoms with E-state index in [-0.39, 0.29) is 11.9 Å². The first kappa shape index (κ1) is 15.0. The SMILES string of the molecule is Cc1ccc(C(=O)NC2CCN(c3nccs3)CC2)c(C)c1. The van der Waals surface area contributed by atoms with Crippen molar-refractivity contribution in [3.05, 3.63) is 46.5 Å². The predicted octanol–water partition coefficient (Wildman–Crippen LogP) is 3.16. The summed E-state index contributed by atoms with van der Waals surface area (Å²) in [5.74, 6) is 0.0465. The molecule has 2 aromatic rings. The molecule has 3 rings (SSSR count). The molecule has 0 spiro atoms. The number of thiazole rings is 1. The van der Waals surface area contributed by atoms with Gasteiger partial charge < -0.3 is 10.2 Å². The highest BCUT2D eigenvalue weighted by atomic mass is 32.1. The minimum atomic E-state index is 0.0465. The fraction of sp³-hybridized carbons (Fsp3) is 0.412. The van der Waals surface area contributed by atoms with Crippen LogP contribution >= 0.6 is 11.3 Å². The molecule has 2 heterocycles. The van der Waals surface area contributed by atoms with E-state index in [2.05, 4.69) is 21.3 Å². The van der Waals surface area contributed by atoms with E-state index in [0.29, 0.717) is 0 Å². The van der Waals surface area contributed by atoms with Crippen molar-refractivity contribution < 1.29 is 4.79 Å². The molecular formula is C17H21N3OS. The molecule has 1 aromatic carbocycles. The summed E-state index contributed by atoms with van der Waals surface area (Å²) in [4.78, 5) is 19.1. The van der Waals surface area contributed by atoms with Gasteiger partial charge in [-0.05, 0) is 38.3 Å². The summed E-state index contributed by atoms with van der Waals surface area (Å²) in [7, 11) is 0. The van der Waals surface area contributed by atoms with Crippen molar-refractivity contribution in [2.45, 2.75) is 32.7 Å². The first-order chi connectivity index (χ1) is 10.6. The topological polar surface area (TPSA) is 45.2 Å². The fourth-order valence-electron chi connectivity index (χ4n) is 2.92. The van der Waals surface area contributed by atoms with Crippen LogP contribution in [-0.2, 0) is 0 Å². The Kier molecular flexibility index (Phi) is 4.43. The Morgan fingerprint density at radius 1 is 1.32 bits per heavy atom. The first-order valence-electron chi connectivity index (χ1n) is 7.66. The summed E-state index contributed by atoms with van der Waals surface area (Å²) >= 11 is 1.67. The molecule has 0 bridgehead atoms. The molecule has 1 aromatic heterocycles. The van der Waals surface area contributed by atoms with E-state index in [1.807, 2.05) is 37.6 Å². The smallest absolute Gasteiger partial charge is 0.251 e.